The molecule has 0 bridgehead atoms. The summed E-state index contributed by atoms with van der Waals surface area (Å²) in [5, 5.41) is 6.58. The van der Waals surface area contributed by atoms with Gasteiger partial charge in [-0.25, -0.2) is 4.99 Å². The molecule has 1 fully saturated rings. The molecule has 2 rings (SSSR count). The topological polar surface area (TPSA) is 69.9 Å². The lowest BCUT2D eigenvalue weighted by atomic mass is 9.84. The molecule has 0 unspecified atom stereocenters. The van der Waals surface area contributed by atoms with Gasteiger partial charge < -0.3 is 20.0 Å². The van der Waals surface area contributed by atoms with Gasteiger partial charge in [0, 0.05) is 27.2 Å². The SMILES string of the molecule is CCNC(=NCc1ccco1)NCC1(C(=O)N(C)C)CCCC1.I. The minimum Gasteiger partial charge on any atom is -0.467 e. The molecule has 0 radical (unpaired) electrons. The maximum absolute atomic E-state index is 12.6. The van der Waals surface area contributed by atoms with Crippen molar-refractivity contribution in [1.82, 2.24) is 15.5 Å². The summed E-state index contributed by atoms with van der Waals surface area (Å²) in [6, 6.07) is 3.76. The largest absolute Gasteiger partial charge is 0.467 e. The highest BCUT2D eigenvalue weighted by atomic mass is 127. The van der Waals surface area contributed by atoms with Gasteiger partial charge >= 0.3 is 0 Å². The summed E-state index contributed by atoms with van der Waals surface area (Å²) in [6.07, 6.45) is 5.75. The van der Waals surface area contributed by atoms with Crippen LogP contribution in [0.15, 0.2) is 27.8 Å². The van der Waals surface area contributed by atoms with Gasteiger partial charge in [-0.2, -0.15) is 0 Å². The Labute approximate surface area is 161 Å². The number of nitrogens with zero attached hydrogens (tertiary/aromatic N) is 2. The maximum atomic E-state index is 12.6. The summed E-state index contributed by atoms with van der Waals surface area (Å²) < 4.78 is 5.31. The van der Waals surface area contributed by atoms with Gasteiger partial charge in [-0.05, 0) is 31.9 Å². The van der Waals surface area contributed by atoms with Crippen molar-refractivity contribution in [2.45, 2.75) is 39.2 Å². The first-order chi connectivity index (χ1) is 11.1. The fraction of sp³-hybridized carbons (Fsp3) is 0.647. The van der Waals surface area contributed by atoms with E-state index in [1.54, 1.807) is 11.2 Å². The van der Waals surface area contributed by atoms with Crippen LogP contribution in [0.4, 0.5) is 0 Å². The standard InChI is InChI=1S/C17H28N4O2.HI/c1-4-18-16(19-12-14-8-7-11-23-14)20-13-17(9-5-6-10-17)15(22)21(2)3;/h7-8,11H,4-6,9-10,12-13H2,1-3H3,(H2,18,19,20);1H. The summed E-state index contributed by atoms with van der Waals surface area (Å²) in [5.41, 5.74) is -0.301. The molecule has 0 saturated heterocycles. The molecule has 136 valence electrons. The van der Waals surface area contributed by atoms with E-state index in [0.717, 1.165) is 43.9 Å². The Kier molecular flexibility index (Phi) is 8.58. The van der Waals surface area contributed by atoms with Crippen LogP contribution in [0.2, 0.25) is 0 Å². The number of guanidine groups is 1. The average molecular weight is 448 g/mol. The van der Waals surface area contributed by atoms with Gasteiger partial charge in [0.2, 0.25) is 5.91 Å². The smallest absolute Gasteiger partial charge is 0.230 e. The van der Waals surface area contributed by atoms with Crippen LogP contribution in [0, 0.1) is 5.41 Å². The molecule has 2 N–H and O–H groups in total. The maximum Gasteiger partial charge on any atom is 0.230 e. The molecule has 24 heavy (non-hydrogen) atoms. The van der Waals surface area contributed by atoms with Crippen LogP contribution in [0.5, 0.6) is 0 Å². The van der Waals surface area contributed by atoms with Crippen molar-refractivity contribution in [1.29, 1.82) is 0 Å². The number of carbonyl (C=O) groups excluding carboxylic acids is 1. The Morgan fingerprint density at radius 1 is 1.33 bits per heavy atom. The van der Waals surface area contributed by atoms with E-state index in [9.17, 15) is 4.79 Å². The highest BCUT2D eigenvalue weighted by Gasteiger charge is 2.42. The molecule has 0 atom stereocenters. The lowest BCUT2D eigenvalue weighted by molar-refractivity contribution is -0.138. The van der Waals surface area contributed by atoms with Crippen molar-refractivity contribution >= 4 is 35.8 Å². The minimum atomic E-state index is -0.301. The summed E-state index contributed by atoms with van der Waals surface area (Å²) in [5.74, 6) is 1.76. The van der Waals surface area contributed by atoms with Crippen molar-refractivity contribution in [2.75, 3.05) is 27.2 Å². The molecule has 7 heteroatoms. The highest BCUT2D eigenvalue weighted by Crippen LogP contribution is 2.38. The first-order valence-corrected chi connectivity index (χ1v) is 8.34. The number of hydrogen-bond donors (Lipinski definition) is 2. The number of carbonyl (C=O) groups is 1. The minimum absolute atomic E-state index is 0. The van der Waals surface area contributed by atoms with E-state index in [1.807, 2.05) is 33.2 Å². The van der Waals surface area contributed by atoms with Gasteiger partial charge in [0.1, 0.15) is 12.3 Å². The van der Waals surface area contributed by atoms with Gasteiger partial charge in [-0.3, -0.25) is 4.79 Å². The predicted molar refractivity (Wildman–Crippen MR) is 107 cm³/mol. The fourth-order valence-electron chi connectivity index (χ4n) is 3.15. The van der Waals surface area contributed by atoms with Gasteiger partial charge in [0.15, 0.2) is 5.96 Å². The summed E-state index contributed by atoms with van der Waals surface area (Å²) in [7, 11) is 3.66. The van der Waals surface area contributed by atoms with Crippen LogP contribution in [0.3, 0.4) is 0 Å². The van der Waals surface area contributed by atoms with E-state index in [-0.39, 0.29) is 35.3 Å². The monoisotopic (exact) mass is 448 g/mol. The van der Waals surface area contributed by atoms with Gasteiger partial charge in [-0.15, -0.1) is 24.0 Å². The molecular weight excluding hydrogens is 419 g/mol. The average Bonchev–Trinajstić information content (AvgIpc) is 3.21. The number of furan rings is 1. The molecule has 1 aliphatic carbocycles. The van der Waals surface area contributed by atoms with Gasteiger partial charge in [0.25, 0.3) is 0 Å². The Morgan fingerprint density at radius 3 is 2.58 bits per heavy atom. The van der Waals surface area contributed by atoms with Crippen LogP contribution < -0.4 is 10.6 Å². The molecule has 1 aromatic rings. The zero-order chi connectivity index (χ0) is 16.7. The molecule has 6 nitrogen and oxygen atoms in total. The molecular formula is C17H29IN4O2. The lowest BCUT2D eigenvalue weighted by Gasteiger charge is -2.31. The number of rotatable bonds is 6. The Hall–Kier alpha value is -1.25. The second kappa shape index (κ2) is 9.90. The zero-order valence-electron chi connectivity index (χ0n) is 14.8. The number of halogens is 1. The van der Waals surface area contributed by atoms with Crippen molar-refractivity contribution in [3.8, 4) is 0 Å². The van der Waals surface area contributed by atoms with Crippen molar-refractivity contribution in [3.05, 3.63) is 24.2 Å². The third-order valence-electron chi connectivity index (χ3n) is 4.33. The molecule has 1 aliphatic rings. The number of hydrogen-bond acceptors (Lipinski definition) is 3. The molecule has 1 heterocycles. The van der Waals surface area contributed by atoms with Gasteiger partial charge in [0.05, 0.1) is 11.7 Å². The summed E-state index contributed by atoms with van der Waals surface area (Å²) >= 11 is 0. The van der Waals surface area contributed by atoms with Crippen LogP contribution in [0.25, 0.3) is 0 Å². The summed E-state index contributed by atoms with van der Waals surface area (Å²) in [6.45, 7) is 3.91. The number of nitrogens with one attached hydrogen (secondary N) is 2. The molecule has 0 aliphatic heterocycles. The summed E-state index contributed by atoms with van der Waals surface area (Å²) in [4.78, 5) is 18.8. The lowest BCUT2D eigenvalue weighted by Crippen LogP contribution is -2.49. The molecule has 0 spiro atoms. The normalized spacial score (nSPS) is 16.4. The third kappa shape index (κ3) is 5.39. The Morgan fingerprint density at radius 2 is 2.04 bits per heavy atom. The zero-order valence-corrected chi connectivity index (χ0v) is 17.1. The van der Waals surface area contributed by atoms with Gasteiger partial charge in [-0.1, -0.05) is 12.8 Å². The second-order valence-electron chi connectivity index (χ2n) is 6.32. The fourth-order valence-corrected chi connectivity index (χ4v) is 3.15. The molecule has 0 aromatic carbocycles. The first-order valence-electron chi connectivity index (χ1n) is 8.34. The van der Waals surface area contributed by atoms with Crippen molar-refractivity contribution < 1.29 is 9.21 Å². The van der Waals surface area contributed by atoms with Crippen LogP contribution in [0.1, 0.15) is 38.4 Å². The second-order valence-corrected chi connectivity index (χ2v) is 6.32. The quantitative estimate of drug-likeness (QED) is 0.399. The van der Waals surface area contributed by atoms with Crippen molar-refractivity contribution in [3.63, 3.8) is 0 Å². The van der Waals surface area contributed by atoms with E-state index in [2.05, 4.69) is 15.6 Å². The van der Waals surface area contributed by atoms with E-state index in [0.29, 0.717) is 13.1 Å². The highest BCUT2D eigenvalue weighted by molar-refractivity contribution is 14.0. The first kappa shape index (κ1) is 20.8. The predicted octanol–water partition coefficient (Wildman–Crippen LogP) is 2.60. The van der Waals surface area contributed by atoms with E-state index in [4.69, 9.17) is 4.42 Å². The van der Waals surface area contributed by atoms with Crippen LogP contribution >= 0.6 is 24.0 Å². The van der Waals surface area contributed by atoms with Crippen molar-refractivity contribution in [2.24, 2.45) is 10.4 Å². The van der Waals surface area contributed by atoms with E-state index >= 15 is 0 Å². The van der Waals surface area contributed by atoms with E-state index < -0.39 is 0 Å². The van der Waals surface area contributed by atoms with Crippen LogP contribution in [-0.2, 0) is 11.3 Å². The number of amides is 1. The Balaban J connectivity index is 0.00000288. The Bertz CT molecular complexity index is 523. The third-order valence-corrected chi connectivity index (χ3v) is 4.33. The molecule has 1 amide bonds. The molecule has 1 saturated carbocycles. The molecule has 1 aromatic heterocycles. The van der Waals surface area contributed by atoms with Crippen LogP contribution in [-0.4, -0.2) is 44.0 Å². The number of aliphatic imine (C=N–C) groups is 1. The van der Waals surface area contributed by atoms with E-state index in [1.165, 1.54) is 0 Å².